The number of thiazole rings is 1. The number of carbonyl (C=O) groups excluding carboxylic acids is 1. The number of aromatic nitrogens is 3. The molecular weight excluding hydrogens is 491 g/mol. The van der Waals surface area contributed by atoms with Crippen molar-refractivity contribution in [2.24, 2.45) is 5.16 Å². The highest BCUT2D eigenvalue weighted by Crippen LogP contribution is 2.34. The number of halogens is 3. The molecule has 1 atom stereocenters. The zero-order valence-electron chi connectivity index (χ0n) is 19.7. The van der Waals surface area contributed by atoms with E-state index in [0.717, 1.165) is 40.9 Å². The second-order valence-corrected chi connectivity index (χ2v) is 9.89. The molecular formula is C25H26F3N5O2S. The predicted octanol–water partition coefficient (Wildman–Crippen LogP) is 5.19. The van der Waals surface area contributed by atoms with E-state index >= 15 is 0 Å². The average molecular weight is 518 g/mol. The van der Waals surface area contributed by atoms with Crippen LogP contribution in [0.25, 0.3) is 0 Å². The summed E-state index contributed by atoms with van der Waals surface area (Å²) >= 11 is 1.59. The van der Waals surface area contributed by atoms with Gasteiger partial charge in [0.25, 0.3) is 0 Å². The first-order valence-corrected chi connectivity index (χ1v) is 12.8. The van der Waals surface area contributed by atoms with Gasteiger partial charge in [0.15, 0.2) is 11.8 Å². The number of likely N-dealkylation sites (tertiary alicyclic amines) is 1. The van der Waals surface area contributed by atoms with E-state index in [1.165, 1.54) is 4.68 Å². The molecule has 4 heterocycles. The van der Waals surface area contributed by atoms with Crippen LogP contribution >= 0.6 is 11.3 Å². The van der Waals surface area contributed by atoms with Gasteiger partial charge < -0.3 is 9.74 Å². The van der Waals surface area contributed by atoms with Crippen molar-refractivity contribution in [3.05, 3.63) is 69.4 Å². The third kappa shape index (κ3) is 5.16. The lowest BCUT2D eigenvalue weighted by molar-refractivity contribution is -0.142. The molecule has 0 saturated carbocycles. The lowest BCUT2D eigenvalue weighted by Gasteiger charge is -2.31. The smallest absolute Gasteiger partial charge is 0.387 e. The van der Waals surface area contributed by atoms with Crippen LogP contribution in [0.4, 0.5) is 13.2 Å². The third-order valence-corrected chi connectivity index (χ3v) is 7.66. The maximum Gasteiger partial charge on any atom is 0.435 e. The minimum atomic E-state index is -4.53. The molecule has 0 spiro atoms. The molecule has 3 aromatic rings. The predicted molar refractivity (Wildman–Crippen MR) is 129 cm³/mol. The van der Waals surface area contributed by atoms with Gasteiger partial charge in [-0.3, -0.25) is 9.48 Å². The highest BCUT2D eigenvalue weighted by atomic mass is 32.1. The van der Waals surface area contributed by atoms with Gasteiger partial charge >= 0.3 is 6.18 Å². The second-order valence-electron chi connectivity index (χ2n) is 9.00. The van der Waals surface area contributed by atoms with Gasteiger partial charge in [-0.15, -0.1) is 11.3 Å². The van der Waals surface area contributed by atoms with Gasteiger partial charge in [-0.05, 0) is 30.9 Å². The number of piperidine rings is 1. The number of rotatable bonds is 6. The molecule has 0 bridgehead atoms. The normalized spacial score (nSPS) is 18.8. The molecule has 1 amide bonds. The fourth-order valence-corrected chi connectivity index (χ4v) is 5.60. The van der Waals surface area contributed by atoms with Gasteiger partial charge in [-0.1, -0.05) is 42.4 Å². The summed E-state index contributed by atoms with van der Waals surface area (Å²) in [6.07, 6.45) is -2.09. The van der Waals surface area contributed by atoms with Crippen LogP contribution in [0.15, 0.2) is 46.9 Å². The molecule has 11 heteroatoms. The fourth-order valence-electron chi connectivity index (χ4n) is 4.60. The highest BCUT2D eigenvalue weighted by Gasteiger charge is 2.35. The Hall–Kier alpha value is -3.21. The Balaban J connectivity index is 1.16. The van der Waals surface area contributed by atoms with Crippen molar-refractivity contribution in [2.75, 3.05) is 13.1 Å². The molecule has 190 valence electrons. The maximum atomic E-state index is 13.0. The molecule has 1 fully saturated rings. The van der Waals surface area contributed by atoms with E-state index in [4.69, 9.17) is 9.82 Å². The second kappa shape index (κ2) is 10.0. The van der Waals surface area contributed by atoms with Crippen LogP contribution in [0.2, 0.25) is 0 Å². The first-order valence-electron chi connectivity index (χ1n) is 12.0. The molecule has 0 N–H and O–H groups in total. The van der Waals surface area contributed by atoms with Crippen molar-refractivity contribution < 1.29 is 22.8 Å². The first kappa shape index (κ1) is 24.5. The van der Waals surface area contributed by atoms with E-state index in [1.807, 2.05) is 35.7 Å². The Morgan fingerprint density at radius 1 is 1.19 bits per heavy atom. The topological polar surface area (TPSA) is 72.6 Å². The van der Waals surface area contributed by atoms with Crippen LogP contribution in [0.1, 0.15) is 65.9 Å². The van der Waals surface area contributed by atoms with E-state index < -0.39 is 11.9 Å². The number of aryl methyl sites for hydroxylation is 1. The van der Waals surface area contributed by atoms with Gasteiger partial charge in [0.1, 0.15) is 12.3 Å². The molecule has 1 aromatic carbocycles. The number of oxime groups is 1. The third-order valence-electron chi connectivity index (χ3n) is 6.66. The standard InChI is InChI=1S/C25H26F3N5O2S/c1-2-18-12-22(25(26,27)28)30-33(18)14-23(34)32-10-8-17(9-11-32)24-29-20(15-36-24)19-13-21(35-31-19)16-6-4-3-5-7-16/h3-7,12,15,17,21H,2,8-11,13-14H2,1H3. The lowest BCUT2D eigenvalue weighted by Crippen LogP contribution is -2.40. The van der Waals surface area contributed by atoms with Crippen molar-refractivity contribution in [1.29, 1.82) is 0 Å². The molecule has 2 aliphatic rings. The maximum absolute atomic E-state index is 13.0. The molecule has 1 unspecified atom stereocenters. The van der Waals surface area contributed by atoms with Crippen LogP contribution in [0.5, 0.6) is 0 Å². The van der Waals surface area contributed by atoms with Crippen molar-refractivity contribution >= 4 is 23.0 Å². The number of hydrogen-bond acceptors (Lipinski definition) is 6. The largest absolute Gasteiger partial charge is 0.435 e. The Bertz CT molecular complexity index is 1250. The van der Waals surface area contributed by atoms with Gasteiger partial charge in [-0.25, -0.2) is 4.98 Å². The zero-order valence-corrected chi connectivity index (χ0v) is 20.6. The highest BCUT2D eigenvalue weighted by molar-refractivity contribution is 7.10. The van der Waals surface area contributed by atoms with Crippen LogP contribution < -0.4 is 0 Å². The van der Waals surface area contributed by atoms with Gasteiger partial charge in [0.05, 0.1) is 10.7 Å². The van der Waals surface area contributed by atoms with Crippen molar-refractivity contribution in [3.8, 4) is 0 Å². The summed E-state index contributed by atoms with van der Waals surface area (Å²) in [5, 5.41) is 10.9. The van der Waals surface area contributed by atoms with E-state index in [-0.39, 0.29) is 24.5 Å². The molecule has 0 radical (unpaired) electrons. The van der Waals surface area contributed by atoms with Crippen LogP contribution in [-0.4, -0.2) is 44.4 Å². The summed E-state index contributed by atoms with van der Waals surface area (Å²) in [5.74, 6) is 0.0117. The SMILES string of the molecule is CCc1cc(C(F)(F)F)nn1CC(=O)N1CCC(c2nc(C3=NOC(c4ccccc4)C3)cs2)CC1. The lowest BCUT2D eigenvalue weighted by atomic mass is 9.97. The molecule has 2 aliphatic heterocycles. The Labute approximate surface area is 210 Å². The van der Waals surface area contributed by atoms with Crippen LogP contribution in [0, 0.1) is 0 Å². The van der Waals surface area contributed by atoms with Crippen molar-refractivity contribution in [2.45, 2.75) is 57.3 Å². The zero-order chi connectivity index (χ0) is 25.3. The Kier molecular flexibility index (Phi) is 6.83. The quantitative estimate of drug-likeness (QED) is 0.451. The number of benzene rings is 1. The van der Waals surface area contributed by atoms with Crippen LogP contribution in [-0.2, 0) is 28.8 Å². The van der Waals surface area contributed by atoms with Crippen molar-refractivity contribution in [3.63, 3.8) is 0 Å². The summed E-state index contributed by atoms with van der Waals surface area (Å²) in [6, 6.07) is 11.0. The Morgan fingerprint density at radius 2 is 1.94 bits per heavy atom. The van der Waals surface area contributed by atoms with E-state index in [0.29, 0.717) is 31.6 Å². The number of carbonyl (C=O) groups is 1. The fraction of sp³-hybridized carbons (Fsp3) is 0.440. The summed E-state index contributed by atoms with van der Waals surface area (Å²) in [5.41, 5.74) is 2.19. The Morgan fingerprint density at radius 3 is 2.64 bits per heavy atom. The minimum Gasteiger partial charge on any atom is -0.387 e. The van der Waals surface area contributed by atoms with Crippen molar-refractivity contribution in [1.82, 2.24) is 19.7 Å². The summed E-state index contributed by atoms with van der Waals surface area (Å²) in [6.45, 7) is 2.63. The summed E-state index contributed by atoms with van der Waals surface area (Å²) in [4.78, 5) is 25.0. The summed E-state index contributed by atoms with van der Waals surface area (Å²) < 4.78 is 40.2. The van der Waals surface area contributed by atoms with Gasteiger partial charge in [0.2, 0.25) is 5.91 Å². The molecule has 1 saturated heterocycles. The first-order chi connectivity index (χ1) is 17.3. The average Bonchev–Trinajstić information content (AvgIpc) is 3.63. The molecule has 5 rings (SSSR count). The number of hydrogen-bond donors (Lipinski definition) is 0. The van der Waals surface area contributed by atoms with E-state index in [2.05, 4.69) is 10.3 Å². The van der Waals surface area contributed by atoms with Crippen LogP contribution in [0.3, 0.4) is 0 Å². The van der Waals surface area contributed by atoms with Gasteiger partial charge in [0, 0.05) is 36.5 Å². The van der Waals surface area contributed by atoms with E-state index in [1.54, 1.807) is 23.2 Å². The summed E-state index contributed by atoms with van der Waals surface area (Å²) in [7, 11) is 0. The molecule has 2 aromatic heterocycles. The monoisotopic (exact) mass is 517 g/mol. The molecule has 7 nitrogen and oxygen atoms in total. The van der Waals surface area contributed by atoms with Gasteiger partial charge in [-0.2, -0.15) is 18.3 Å². The molecule has 0 aliphatic carbocycles. The number of alkyl halides is 3. The van der Waals surface area contributed by atoms with E-state index in [9.17, 15) is 18.0 Å². The number of amides is 1. The number of nitrogens with zero attached hydrogens (tertiary/aromatic N) is 5. The molecule has 36 heavy (non-hydrogen) atoms. The minimum absolute atomic E-state index is 0.101.